The number of hydrogen-bond donors (Lipinski definition) is 0. The van der Waals surface area contributed by atoms with Gasteiger partial charge in [0.2, 0.25) is 0 Å². The highest BCUT2D eigenvalue weighted by Crippen LogP contribution is 2.31. The van der Waals surface area contributed by atoms with Crippen molar-refractivity contribution >= 4 is 54.5 Å². The highest BCUT2D eigenvalue weighted by molar-refractivity contribution is 14.1. The lowest BCUT2D eigenvalue weighted by molar-refractivity contribution is 1.18. The summed E-state index contributed by atoms with van der Waals surface area (Å²) < 4.78 is 3.18. The summed E-state index contributed by atoms with van der Waals surface area (Å²) in [4.78, 5) is 9.70. The molecule has 0 aliphatic heterocycles. The molecule has 0 spiro atoms. The summed E-state index contributed by atoms with van der Waals surface area (Å²) in [6.45, 7) is 0. The number of benzene rings is 3. The molecule has 0 N–H and O–H groups in total. The van der Waals surface area contributed by atoms with E-state index in [2.05, 4.69) is 90.8 Å². The maximum Gasteiger partial charge on any atom is 0.160 e. The molecule has 0 aliphatic carbocycles. The molecule has 0 amide bonds. The molecule has 132 valence electrons. The van der Waals surface area contributed by atoms with Crippen LogP contribution < -0.4 is 0 Å². The van der Waals surface area contributed by atoms with Crippen molar-refractivity contribution in [1.82, 2.24) is 9.97 Å². The Hall–Kier alpha value is -1.57. The van der Waals surface area contributed by atoms with E-state index in [1.807, 2.05) is 42.5 Å². The maximum absolute atomic E-state index is 4.85. The highest BCUT2D eigenvalue weighted by Gasteiger charge is 2.11. The average Bonchev–Trinajstić information content (AvgIpc) is 2.67. The molecule has 0 unspecified atom stereocenters. The van der Waals surface area contributed by atoms with Crippen LogP contribution in [0.1, 0.15) is 0 Å². The molecular formula is C22H13Br2IN2. The van der Waals surface area contributed by atoms with Gasteiger partial charge in [-0.15, -0.1) is 0 Å². The summed E-state index contributed by atoms with van der Waals surface area (Å²) in [6, 6.07) is 26.6. The number of halogens is 3. The van der Waals surface area contributed by atoms with Crippen LogP contribution in [0.5, 0.6) is 0 Å². The average molecular weight is 592 g/mol. The van der Waals surface area contributed by atoms with E-state index in [1.165, 1.54) is 3.57 Å². The third-order valence-corrected chi connectivity index (χ3v) is 5.62. The monoisotopic (exact) mass is 590 g/mol. The number of nitrogens with zero attached hydrogens (tertiary/aromatic N) is 2. The molecule has 0 saturated heterocycles. The van der Waals surface area contributed by atoms with Crippen molar-refractivity contribution in [3.63, 3.8) is 0 Å². The normalized spacial score (nSPS) is 10.8. The van der Waals surface area contributed by atoms with Crippen LogP contribution in [0, 0.1) is 3.57 Å². The largest absolute Gasteiger partial charge is 0.228 e. The van der Waals surface area contributed by atoms with E-state index in [1.54, 1.807) is 0 Å². The van der Waals surface area contributed by atoms with E-state index in [4.69, 9.17) is 9.97 Å². The Kier molecular flexibility index (Phi) is 5.71. The minimum atomic E-state index is 0.720. The third-order valence-electron chi connectivity index (χ3n) is 4.04. The van der Waals surface area contributed by atoms with E-state index in [9.17, 15) is 0 Å². The molecular weight excluding hydrogens is 579 g/mol. The highest BCUT2D eigenvalue weighted by atomic mass is 127. The van der Waals surface area contributed by atoms with Gasteiger partial charge in [-0.1, -0.05) is 74.3 Å². The summed E-state index contributed by atoms with van der Waals surface area (Å²) in [5.41, 5.74) is 4.91. The molecule has 4 rings (SSSR count). The summed E-state index contributed by atoms with van der Waals surface area (Å²) in [5.74, 6) is 0.720. The van der Waals surface area contributed by atoms with Gasteiger partial charge in [0.15, 0.2) is 5.82 Å². The summed E-state index contributed by atoms with van der Waals surface area (Å²) >= 11 is 9.47. The van der Waals surface area contributed by atoms with Crippen LogP contribution in [-0.2, 0) is 0 Å². The molecule has 4 aromatic rings. The molecule has 0 bridgehead atoms. The predicted molar refractivity (Wildman–Crippen MR) is 126 cm³/mol. The van der Waals surface area contributed by atoms with Crippen molar-refractivity contribution in [3.05, 3.63) is 91.4 Å². The van der Waals surface area contributed by atoms with E-state index in [-0.39, 0.29) is 0 Å². The summed E-state index contributed by atoms with van der Waals surface area (Å²) in [6.07, 6.45) is 0. The van der Waals surface area contributed by atoms with Gasteiger partial charge in [0, 0.05) is 29.2 Å². The van der Waals surface area contributed by atoms with Gasteiger partial charge >= 0.3 is 0 Å². The fourth-order valence-corrected chi connectivity index (χ4v) is 4.65. The molecule has 0 fully saturated rings. The molecule has 2 nitrogen and oxygen atoms in total. The van der Waals surface area contributed by atoms with E-state index >= 15 is 0 Å². The van der Waals surface area contributed by atoms with E-state index in [0.717, 1.165) is 42.8 Å². The lowest BCUT2D eigenvalue weighted by Gasteiger charge is -2.10. The first-order chi connectivity index (χ1) is 13.1. The number of aromatic nitrogens is 2. The van der Waals surface area contributed by atoms with Crippen LogP contribution in [0.3, 0.4) is 0 Å². The Morgan fingerprint density at radius 1 is 0.593 bits per heavy atom. The molecule has 0 saturated carbocycles. The topological polar surface area (TPSA) is 25.8 Å². The zero-order valence-electron chi connectivity index (χ0n) is 14.0. The maximum atomic E-state index is 4.85. The summed E-state index contributed by atoms with van der Waals surface area (Å²) in [7, 11) is 0. The van der Waals surface area contributed by atoms with Crippen LogP contribution in [-0.4, -0.2) is 9.97 Å². The first kappa shape index (κ1) is 18.8. The van der Waals surface area contributed by atoms with Gasteiger partial charge in [-0.05, 0) is 59.0 Å². The summed E-state index contributed by atoms with van der Waals surface area (Å²) in [5, 5.41) is 0. The van der Waals surface area contributed by atoms with Gasteiger partial charge in [0.1, 0.15) is 0 Å². The van der Waals surface area contributed by atoms with Gasteiger partial charge in [0.05, 0.1) is 11.4 Å². The number of hydrogen-bond acceptors (Lipinski definition) is 2. The minimum absolute atomic E-state index is 0.720. The Morgan fingerprint density at radius 3 is 1.89 bits per heavy atom. The zero-order valence-corrected chi connectivity index (χ0v) is 19.4. The van der Waals surface area contributed by atoms with Crippen molar-refractivity contribution in [2.45, 2.75) is 0 Å². The van der Waals surface area contributed by atoms with E-state index < -0.39 is 0 Å². The fraction of sp³-hybridized carbons (Fsp3) is 0. The Balaban J connectivity index is 1.94. The van der Waals surface area contributed by atoms with Gasteiger partial charge in [-0.25, -0.2) is 9.97 Å². The van der Waals surface area contributed by atoms with Gasteiger partial charge in [0.25, 0.3) is 0 Å². The second-order valence-corrected chi connectivity index (χ2v) is 9.07. The smallest absolute Gasteiger partial charge is 0.160 e. The van der Waals surface area contributed by atoms with Gasteiger partial charge in [-0.2, -0.15) is 0 Å². The first-order valence-electron chi connectivity index (χ1n) is 8.25. The molecule has 0 aliphatic rings. The van der Waals surface area contributed by atoms with Crippen molar-refractivity contribution < 1.29 is 0 Å². The number of rotatable bonds is 3. The Morgan fingerprint density at radius 2 is 1.22 bits per heavy atom. The van der Waals surface area contributed by atoms with Gasteiger partial charge in [-0.3, -0.25) is 0 Å². The Bertz CT molecular complexity index is 1090. The zero-order chi connectivity index (χ0) is 18.8. The van der Waals surface area contributed by atoms with Crippen molar-refractivity contribution in [2.75, 3.05) is 0 Å². The van der Waals surface area contributed by atoms with Crippen LogP contribution in [0.2, 0.25) is 0 Å². The lowest BCUT2D eigenvalue weighted by atomic mass is 10.1. The minimum Gasteiger partial charge on any atom is -0.228 e. The second-order valence-electron chi connectivity index (χ2n) is 6.00. The van der Waals surface area contributed by atoms with Gasteiger partial charge < -0.3 is 0 Å². The quantitative estimate of drug-likeness (QED) is 0.229. The first-order valence-corrected chi connectivity index (χ1v) is 10.9. The molecule has 1 aromatic heterocycles. The van der Waals surface area contributed by atoms with Crippen LogP contribution in [0.25, 0.3) is 33.9 Å². The van der Waals surface area contributed by atoms with Crippen LogP contribution >= 0.6 is 54.5 Å². The molecule has 27 heavy (non-hydrogen) atoms. The molecule has 1 heterocycles. The molecule has 0 radical (unpaired) electrons. The Labute approximate surface area is 188 Å². The third kappa shape index (κ3) is 4.47. The van der Waals surface area contributed by atoms with Crippen LogP contribution in [0.15, 0.2) is 87.8 Å². The van der Waals surface area contributed by atoms with Crippen molar-refractivity contribution in [3.8, 4) is 33.9 Å². The predicted octanol–water partition coefficient (Wildman–Crippen LogP) is 7.61. The molecule has 5 heteroatoms. The molecule has 3 aromatic carbocycles. The van der Waals surface area contributed by atoms with Crippen molar-refractivity contribution in [2.24, 2.45) is 0 Å². The van der Waals surface area contributed by atoms with Crippen LogP contribution in [0.4, 0.5) is 0 Å². The second kappa shape index (κ2) is 8.20. The van der Waals surface area contributed by atoms with E-state index in [0.29, 0.717) is 0 Å². The molecule has 0 atom stereocenters. The lowest BCUT2D eigenvalue weighted by Crippen LogP contribution is -1.96. The fourth-order valence-electron chi connectivity index (χ4n) is 2.81. The van der Waals surface area contributed by atoms with Crippen molar-refractivity contribution in [1.29, 1.82) is 0 Å². The standard InChI is InChI=1S/C22H13Br2IN2/c23-17-9-16(10-18(24)12-17)21-13-20(15-7-4-8-19(25)11-15)26-22(27-21)14-5-2-1-3-6-14/h1-13H. The SMILES string of the molecule is Brc1cc(Br)cc(-c2cc(-c3cccc(I)c3)nc(-c3ccccc3)n2)c1.